The second kappa shape index (κ2) is 7.25. The van der Waals surface area contributed by atoms with Crippen molar-refractivity contribution in [1.29, 1.82) is 0 Å². The number of amides is 1. The molecule has 0 radical (unpaired) electrons. The summed E-state index contributed by atoms with van der Waals surface area (Å²) in [5.41, 5.74) is 1.01. The van der Waals surface area contributed by atoms with Crippen LogP contribution in [0.5, 0.6) is 5.75 Å². The second-order valence-corrected chi connectivity index (χ2v) is 6.44. The molecule has 7 heteroatoms. The van der Waals surface area contributed by atoms with Crippen LogP contribution in [-0.2, 0) is 4.79 Å². The molecule has 140 valence electrons. The third-order valence-electron chi connectivity index (χ3n) is 4.08. The predicted octanol–water partition coefficient (Wildman–Crippen LogP) is 4.85. The highest BCUT2D eigenvalue weighted by Gasteiger charge is 2.10. The molecule has 0 spiro atoms. The maximum absolute atomic E-state index is 12.2. The molecule has 0 atom stereocenters. The summed E-state index contributed by atoms with van der Waals surface area (Å²) >= 11 is 6.05. The summed E-state index contributed by atoms with van der Waals surface area (Å²) in [6.45, 7) is 0. The van der Waals surface area contributed by atoms with Crippen molar-refractivity contribution in [2.45, 2.75) is 0 Å². The van der Waals surface area contributed by atoms with Crippen LogP contribution in [0, 0.1) is 0 Å². The number of fused-ring (bicyclic) bond motifs is 2. The van der Waals surface area contributed by atoms with Crippen LogP contribution in [0.25, 0.3) is 28.0 Å². The van der Waals surface area contributed by atoms with Gasteiger partial charge in [0.25, 0.3) is 0 Å². The number of halogens is 1. The molecular weight excluding hydrogens is 382 g/mol. The Kier molecular flexibility index (Phi) is 4.63. The Labute approximate surface area is 164 Å². The van der Waals surface area contributed by atoms with Gasteiger partial charge in [-0.1, -0.05) is 11.6 Å². The number of furan rings is 1. The number of methoxy groups -OCH3 is 1. The summed E-state index contributed by atoms with van der Waals surface area (Å²) in [4.78, 5) is 23.5. The molecule has 4 rings (SSSR count). The maximum atomic E-state index is 12.2. The van der Waals surface area contributed by atoms with Gasteiger partial charge in [0.2, 0.25) is 5.91 Å². The van der Waals surface area contributed by atoms with Gasteiger partial charge in [-0.3, -0.25) is 4.79 Å². The average molecular weight is 396 g/mol. The lowest BCUT2D eigenvalue weighted by Crippen LogP contribution is -2.07. The van der Waals surface area contributed by atoms with E-state index in [0.717, 1.165) is 10.8 Å². The molecule has 0 saturated heterocycles. The largest absolute Gasteiger partial charge is 0.493 e. The van der Waals surface area contributed by atoms with Crippen LogP contribution in [0.3, 0.4) is 0 Å². The van der Waals surface area contributed by atoms with Gasteiger partial charge in [0, 0.05) is 45.8 Å². The molecule has 1 amide bonds. The van der Waals surface area contributed by atoms with Gasteiger partial charge in [-0.25, -0.2) is 4.79 Å². The highest BCUT2D eigenvalue weighted by molar-refractivity contribution is 6.31. The fourth-order valence-electron chi connectivity index (χ4n) is 2.82. The molecule has 2 aromatic carbocycles. The number of carbonyl (C=O) groups excluding carboxylic acids is 1. The molecule has 0 saturated carbocycles. The SMILES string of the molecule is COc1cc(Cl)cc2cc(C=CC(=O)Nc3ccc4ccc(=O)oc4c3)oc12. The number of hydrogen-bond donors (Lipinski definition) is 1. The van der Waals surface area contributed by atoms with Crippen LogP contribution in [0.2, 0.25) is 5.02 Å². The Hall–Kier alpha value is -3.51. The Bertz CT molecular complexity index is 1290. The Morgan fingerprint density at radius 2 is 1.89 bits per heavy atom. The number of anilines is 1. The van der Waals surface area contributed by atoms with Crippen LogP contribution >= 0.6 is 11.6 Å². The monoisotopic (exact) mass is 395 g/mol. The zero-order valence-corrected chi connectivity index (χ0v) is 15.4. The normalized spacial score (nSPS) is 11.4. The van der Waals surface area contributed by atoms with Crippen LogP contribution < -0.4 is 15.7 Å². The van der Waals surface area contributed by atoms with Crippen molar-refractivity contribution in [3.8, 4) is 5.75 Å². The van der Waals surface area contributed by atoms with E-state index in [0.29, 0.717) is 33.4 Å². The van der Waals surface area contributed by atoms with E-state index >= 15 is 0 Å². The van der Waals surface area contributed by atoms with Crippen molar-refractivity contribution in [2.24, 2.45) is 0 Å². The van der Waals surface area contributed by atoms with E-state index in [1.54, 1.807) is 48.5 Å². The van der Waals surface area contributed by atoms with Crippen LogP contribution in [-0.4, -0.2) is 13.0 Å². The first-order valence-corrected chi connectivity index (χ1v) is 8.70. The molecule has 2 aromatic heterocycles. The molecule has 0 aliphatic heterocycles. The minimum absolute atomic E-state index is 0.358. The Balaban J connectivity index is 1.54. The zero-order valence-electron chi connectivity index (χ0n) is 14.7. The van der Waals surface area contributed by atoms with Crippen molar-refractivity contribution in [1.82, 2.24) is 0 Å². The van der Waals surface area contributed by atoms with Crippen LogP contribution in [0.4, 0.5) is 5.69 Å². The number of carbonyl (C=O) groups is 1. The van der Waals surface area contributed by atoms with E-state index in [-0.39, 0.29) is 5.91 Å². The summed E-state index contributed by atoms with van der Waals surface area (Å²) in [6.07, 6.45) is 2.89. The molecule has 2 heterocycles. The summed E-state index contributed by atoms with van der Waals surface area (Å²) in [5, 5.41) is 4.78. The number of hydrogen-bond acceptors (Lipinski definition) is 5. The maximum Gasteiger partial charge on any atom is 0.336 e. The van der Waals surface area contributed by atoms with E-state index in [1.807, 2.05) is 0 Å². The smallest absolute Gasteiger partial charge is 0.336 e. The van der Waals surface area contributed by atoms with Gasteiger partial charge in [-0.2, -0.15) is 0 Å². The quantitative estimate of drug-likeness (QED) is 0.394. The van der Waals surface area contributed by atoms with Gasteiger partial charge in [0.05, 0.1) is 7.11 Å². The highest BCUT2D eigenvalue weighted by Crippen LogP contribution is 2.32. The molecule has 1 N–H and O–H groups in total. The highest BCUT2D eigenvalue weighted by atomic mass is 35.5. The van der Waals surface area contributed by atoms with E-state index in [2.05, 4.69) is 5.32 Å². The van der Waals surface area contributed by atoms with Gasteiger partial charge in [-0.05, 0) is 36.4 Å². The van der Waals surface area contributed by atoms with E-state index < -0.39 is 5.63 Å². The average Bonchev–Trinajstić information content (AvgIpc) is 3.08. The summed E-state index contributed by atoms with van der Waals surface area (Å²) < 4.78 is 16.1. The Morgan fingerprint density at radius 1 is 1.07 bits per heavy atom. The first kappa shape index (κ1) is 17.9. The van der Waals surface area contributed by atoms with Crippen LogP contribution in [0.15, 0.2) is 68.2 Å². The number of nitrogens with one attached hydrogen (secondary N) is 1. The fourth-order valence-corrected chi connectivity index (χ4v) is 3.04. The second-order valence-electron chi connectivity index (χ2n) is 6.00. The van der Waals surface area contributed by atoms with E-state index in [1.165, 1.54) is 19.3 Å². The first-order chi connectivity index (χ1) is 13.5. The van der Waals surface area contributed by atoms with Crippen molar-refractivity contribution in [3.63, 3.8) is 0 Å². The molecule has 6 nitrogen and oxygen atoms in total. The molecule has 0 aliphatic carbocycles. The third-order valence-corrected chi connectivity index (χ3v) is 4.29. The number of rotatable bonds is 4. The number of ether oxygens (including phenoxy) is 1. The van der Waals surface area contributed by atoms with Gasteiger partial charge in [-0.15, -0.1) is 0 Å². The molecule has 0 aliphatic rings. The van der Waals surface area contributed by atoms with Crippen molar-refractivity contribution < 1.29 is 18.4 Å². The summed E-state index contributed by atoms with van der Waals surface area (Å²) in [5.74, 6) is 0.641. The third kappa shape index (κ3) is 3.63. The Morgan fingerprint density at radius 3 is 2.71 bits per heavy atom. The number of benzene rings is 2. The molecule has 28 heavy (non-hydrogen) atoms. The fraction of sp³-hybridized carbons (Fsp3) is 0.0476. The first-order valence-electron chi connectivity index (χ1n) is 8.32. The van der Waals surface area contributed by atoms with Gasteiger partial charge in [0.15, 0.2) is 11.3 Å². The predicted molar refractivity (Wildman–Crippen MR) is 108 cm³/mol. The lowest BCUT2D eigenvalue weighted by molar-refractivity contribution is -0.111. The summed E-state index contributed by atoms with van der Waals surface area (Å²) in [6, 6.07) is 13.3. The van der Waals surface area contributed by atoms with E-state index in [9.17, 15) is 9.59 Å². The zero-order chi connectivity index (χ0) is 19.7. The van der Waals surface area contributed by atoms with Crippen molar-refractivity contribution in [2.75, 3.05) is 12.4 Å². The van der Waals surface area contributed by atoms with Gasteiger partial charge < -0.3 is 18.9 Å². The molecule has 0 fully saturated rings. The molecule has 0 unspecified atom stereocenters. The molecule has 0 bridgehead atoms. The lowest BCUT2D eigenvalue weighted by atomic mass is 10.2. The van der Waals surface area contributed by atoms with Gasteiger partial charge in [0.1, 0.15) is 11.3 Å². The minimum Gasteiger partial charge on any atom is -0.493 e. The topological polar surface area (TPSA) is 81.7 Å². The van der Waals surface area contributed by atoms with Crippen LogP contribution in [0.1, 0.15) is 5.76 Å². The van der Waals surface area contributed by atoms with E-state index in [4.69, 9.17) is 25.2 Å². The summed E-state index contributed by atoms with van der Waals surface area (Å²) in [7, 11) is 1.53. The minimum atomic E-state index is -0.448. The lowest BCUT2D eigenvalue weighted by Gasteiger charge is -2.03. The van der Waals surface area contributed by atoms with Crippen molar-refractivity contribution in [3.05, 3.63) is 75.8 Å². The molecular formula is C21H14ClNO5. The molecule has 4 aromatic rings. The standard InChI is InChI=1S/C21H14ClNO5/c1-26-18-10-14(22)8-13-9-16(27-21(13)18)5-6-19(24)23-15-4-2-12-3-7-20(25)28-17(12)11-15/h2-11H,1H3,(H,23,24). The van der Waals surface area contributed by atoms with Crippen molar-refractivity contribution >= 4 is 51.2 Å². The van der Waals surface area contributed by atoms with Gasteiger partial charge >= 0.3 is 5.63 Å².